The molecule has 0 saturated carbocycles. The van der Waals surface area contributed by atoms with E-state index < -0.39 is 5.92 Å². The Balaban J connectivity index is 2.31. The zero-order chi connectivity index (χ0) is 12.0. The highest BCUT2D eigenvalue weighted by Gasteiger charge is 2.23. The Hall–Kier alpha value is -1.12. The number of carbonyl (C=O) groups excluding carboxylic acids is 1. The van der Waals surface area contributed by atoms with Gasteiger partial charge in [-0.15, -0.1) is 0 Å². The van der Waals surface area contributed by atoms with Gasteiger partial charge in [0.25, 0.3) is 0 Å². The summed E-state index contributed by atoms with van der Waals surface area (Å²) in [6, 6.07) is 2.00. The molecule has 1 rings (SSSR count). The number of carbonyl (C=O) groups is 1. The lowest BCUT2D eigenvalue weighted by Crippen LogP contribution is -2.42. The Morgan fingerprint density at radius 3 is 2.81 bits per heavy atom. The molecule has 0 bridgehead atoms. The second-order valence-electron chi connectivity index (χ2n) is 4.16. The Morgan fingerprint density at radius 1 is 1.56 bits per heavy atom. The van der Waals surface area contributed by atoms with Crippen molar-refractivity contribution < 1.29 is 14.3 Å². The Kier molecular flexibility index (Phi) is 5.23. The lowest BCUT2D eigenvalue weighted by Gasteiger charge is -2.23. The first-order chi connectivity index (χ1) is 7.65. The van der Waals surface area contributed by atoms with E-state index in [1.807, 2.05) is 19.9 Å². The summed E-state index contributed by atoms with van der Waals surface area (Å²) in [5.74, 6) is -0.801. The molecular formula is C11H18N2O3. The van der Waals surface area contributed by atoms with Crippen molar-refractivity contribution in [1.29, 1.82) is 5.26 Å². The number of nitrogens with zero attached hydrogens (tertiary/aromatic N) is 1. The molecule has 0 spiro atoms. The lowest BCUT2D eigenvalue weighted by atomic mass is 9.97. The molecular weight excluding hydrogens is 208 g/mol. The van der Waals surface area contributed by atoms with Crippen LogP contribution in [0.1, 0.15) is 13.8 Å². The maximum absolute atomic E-state index is 11.6. The zero-order valence-corrected chi connectivity index (χ0v) is 9.73. The summed E-state index contributed by atoms with van der Waals surface area (Å²) in [7, 11) is 0. The van der Waals surface area contributed by atoms with Crippen molar-refractivity contribution >= 4 is 5.91 Å². The minimum Gasteiger partial charge on any atom is -0.376 e. The van der Waals surface area contributed by atoms with E-state index in [4.69, 9.17) is 14.7 Å². The van der Waals surface area contributed by atoms with E-state index >= 15 is 0 Å². The molecule has 0 aromatic carbocycles. The fraction of sp³-hybridized carbons (Fsp3) is 0.818. The molecule has 0 aromatic heterocycles. The molecule has 1 fully saturated rings. The molecule has 1 aliphatic rings. The van der Waals surface area contributed by atoms with Gasteiger partial charge >= 0.3 is 0 Å². The number of nitrogens with one attached hydrogen (secondary N) is 1. The molecule has 0 radical (unpaired) electrons. The van der Waals surface area contributed by atoms with Gasteiger partial charge in [0, 0.05) is 6.54 Å². The second-order valence-corrected chi connectivity index (χ2v) is 4.16. The van der Waals surface area contributed by atoms with Gasteiger partial charge in [0.2, 0.25) is 5.91 Å². The van der Waals surface area contributed by atoms with E-state index in [1.54, 1.807) is 0 Å². The average Bonchev–Trinajstić information content (AvgIpc) is 2.28. The Morgan fingerprint density at radius 2 is 2.31 bits per heavy atom. The minimum atomic E-state index is -0.593. The van der Waals surface area contributed by atoms with Crippen molar-refractivity contribution in [2.75, 3.05) is 26.4 Å². The smallest absolute Gasteiger partial charge is 0.237 e. The fourth-order valence-electron chi connectivity index (χ4n) is 1.49. The highest BCUT2D eigenvalue weighted by Crippen LogP contribution is 2.09. The maximum atomic E-state index is 11.6. The Bertz CT molecular complexity index is 267. The lowest BCUT2D eigenvalue weighted by molar-refractivity contribution is -0.127. The molecule has 2 atom stereocenters. The molecule has 2 unspecified atom stereocenters. The van der Waals surface area contributed by atoms with Crippen LogP contribution < -0.4 is 5.32 Å². The van der Waals surface area contributed by atoms with Crippen molar-refractivity contribution in [2.45, 2.75) is 20.0 Å². The number of rotatable bonds is 4. The van der Waals surface area contributed by atoms with Gasteiger partial charge in [-0.3, -0.25) is 4.79 Å². The van der Waals surface area contributed by atoms with Crippen molar-refractivity contribution in [3.8, 4) is 6.07 Å². The van der Waals surface area contributed by atoms with Crippen LogP contribution in [0.2, 0.25) is 0 Å². The Labute approximate surface area is 95.7 Å². The molecule has 0 aliphatic carbocycles. The fourth-order valence-corrected chi connectivity index (χ4v) is 1.49. The summed E-state index contributed by atoms with van der Waals surface area (Å²) in [5.41, 5.74) is 0. The van der Waals surface area contributed by atoms with Crippen LogP contribution in [0.25, 0.3) is 0 Å². The third-order valence-electron chi connectivity index (χ3n) is 2.48. The van der Waals surface area contributed by atoms with E-state index in [-0.39, 0.29) is 17.9 Å². The van der Waals surface area contributed by atoms with Crippen molar-refractivity contribution in [3.05, 3.63) is 0 Å². The van der Waals surface area contributed by atoms with Crippen molar-refractivity contribution in [2.24, 2.45) is 11.8 Å². The predicted octanol–water partition coefficient (Wildman–Crippen LogP) is 0.314. The number of hydrogen-bond acceptors (Lipinski definition) is 4. The first-order valence-electron chi connectivity index (χ1n) is 5.51. The van der Waals surface area contributed by atoms with Gasteiger partial charge in [-0.25, -0.2) is 0 Å². The monoisotopic (exact) mass is 226 g/mol. The SMILES string of the molecule is CC(C)C(C#N)C(=O)NCC1COCCO1. The van der Waals surface area contributed by atoms with Crippen LogP contribution in [0.4, 0.5) is 0 Å². The van der Waals surface area contributed by atoms with E-state index in [2.05, 4.69) is 5.32 Å². The number of ether oxygens (including phenoxy) is 2. The first kappa shape index (κ1) is 12.9. The van der Waals surface area contributed by atoms with Crippen molar-refractivity contribution in [1.82, 2.24) is 5.32 Å². The number of nitriles is 1. The third-order valence-corrected chi connectivity index (χ3v) is 2.48. The van der Waals surface area contributed by atoms with Crippen LogP contribution >= 0.6 is 0 Å². The molecule has 1 aliphatic heterocycles. The summed E-state index contributed by atoms with van der Waals surface area (Å²) < 4.78 is 10.6. The largest absolute Gasteiger partial charge is 0.376 e. The maximum Gasteiger partial charge on any atom is 0.237 e. The van der Waals surface area contributed by atoms with Crippen LogP contribution in [-0.4, -0.2) is 38.4 Å². The van der Waals surface area contributed by atoms with E-state index in [1.165, 1.54) is 0 Å². The molecule has 0 aromatic rings. The molecule has 5 heteroatoms. The second kappa shape index (κ2) is 6.46. The standard InChI is InChI=1S/C11H18N2O3/c1-8(2)10(5-12)11(14)13-6-9-7-15-3-4-16-9/h8-10H,3-4,6-7H2,1-2H3,(H,13,14). The summed E-state index contributed by atoms with van der Waals surface area (Å²) in [5, 5.41) is 11.6. The van der Waals surface area contributed by atoms with Gasteiger partial charge < -0.3 is 14.8 Å². The minimum absolute atomic E-state index is 0.0218. The van der Waals surface area contributed by atoms with Gasteiger partial charge in [-0.1, -0.05) is 13.8 Å². The molecule has 90 valence electrons. The van der Waals surface area contributed by atoms with Crippen LogP contribution in [0.3, 0.4) is 0 Å². The molecule has 5 nitrogen and oxygen atoms in total. The van der Waals surface area contributed by atoms with E-state index in [9.17, 15) is 4.79 Å². The molecule has 1 saturated heterocycles. The van der Waals surface area contributed by atoms with E-state index in [0.29, 0.717) is 26.4 Å². The van der Waals surface area contributed by atoms with Crippen LogP contribution in [-0.2, 0) is 14.3 Å². The average molecular weight is 226 g/mol. The predicted molar refractivity (Wildman–Crippen MR) is 57.5 cm³/mol. The third kappa shape index (κ3) is 3.80. The summed E-state index contributed by atoms with van der Waals surface area (Å²) >= 11 is 0. The molecule has 16 heavy (non-hydrogen) atoms. The van der Waals surface area contributed by atoms with E-state index in [0.717, 1.165) is 0 Å². The van der Waals surface area contributed by atoms with Crippen LogP contribution in [0, 0.1) is 23.2 Å². The summed E-state index contributed by atoms with van der Waals surface area (Å²) in [6.07, 6.45) is -0.0933. The van der Waals surface area contributed by atoms with Crippen LogP contribution in [0.15, 0.2) is 0 Å². The molecule has 1 N–H and O–H groups in total. The highest BCUT2D eigenvalue weighted by atomic mass is 16.6. The van der Waals surface area contributed by atoms with Gasteiger partial charge in [-0.2, -0.15) is 5.26 Å². The van der Waals surface area contributed by atoms with Gasteiger partial charge in [0.1, 0.15) is 5.92 Å². The normalized spacial score (nSPS) is 22.5. The number of hydrogen-bond donors (Lipinski definition) is 1. The van der Waals surface area contributed by atoms with Crippen LogP contribution in [0.5, 0.6) is 0 Å². The van der Waals surface area contributed by atoms with Gasteiger partial charge in [-0.05, 0) is 5.92 Å². The van der Waals surface area contributed by atoms with Crippen molar-refractivity contribution in [3.63, 3.8) is 0 Å². The summed E-state index contributed by atoms with van der Waals surface area (Å²) in [4.78, 5) is 11.6. The molecule has 1 heterocycles. The topological polar surface area (TPSA) is 71.4 Å². The van der Waals surface area contributed by atoms with Gasteiger partial charge in [0.05, 0.1) is 32.0 Å². The highest BCUT2D eigenvalue weighted by molar-refractivity contribution is 5.81. The quantitative estimate of drug-likeness (QED) is 0.749. The number of amides is 1. The molecule has 1 amide bonds. The zero-order valence-electron chi connectivity index (χ0n) is 9.73. The van der Waals surface area contributed by atoms with Gasteiger partial charge in [0.15, 0.2) is 0 Å². The summed E-state index contributed by atoms with van der Waals surface area (Å²) in [6.45, 7) is 5.79. The first-order valence-corrected chi connectivity index (χ1v) is 5.51.